The van der Waals surface area contributed by atoms with E-state index in [-0.39, 0.29) is 6.04 Å². The molecule has 0 aromatic heterocycles. The molecule has 1 aromatic rings. The number of hydrogen-bond acceptors (Lipinski definition) is 4. The molecule has 0 amide bonds. The molecule has 1 saturated heterocycles. The average molecular weight is 290 g/mol. The van der Waals surface area contributed by atoms with Gasteiger partial charge in [0, 0.05) is 19.1 Å². The third kappa shape index (κ3) is 3.16. The standard InChI is InChI=1S/C17H26N2O2/c1-2-13-4-3-7-19(12-13)15(11-18)14-5-6-16-17(10-14)21-9-8-20-16/h5-6,10,13,15H,2-4,7-9,11-12,18H2,1H3. The molecule has 2 atom stereocenters. The number of likely N-dealkylation sites (tertiary alicyclic amines) is 1. The second-order valence-corrected chi connectivity index (χ2v) is 6.07. The Labute approximate surface area is 127 Å². The van der Waals surface area contributed by atoms with Crippen molar-refractivity contribution < 1.29 is 9.47 Å². The lowest BCUT2D eigenvalue weighted by molar-refractivity contribution is 0.123. The van der Waals surface area contributed by atoms with Gasteiger partial charge in [-0.05, 0) is 43.0 Å². The molecule has 0 bridgehead atoms. The minimum Gasteiger partial charge on any atom is -0.486 e. The van der Waals surface area contributed by atoms with E-state index in [1.165, 1.54) is 24.8 Å². The Hall–Kier alpha value is -1.26. The Bertz CT molecular complexity index is 478. The van der Waals surface area contributed by atoms with Crippen LogP contribution in [0.3, 0.4) is 0 Å². The monoisotopic (exact) mass is 290 g/mol. The average Bonchev–Trinajstić information content (AvgIpc) is 2.56. The number of hydrogen-bond donors (Lipinski definition) is 1. The van der Waals surface area contributed by atoms with Gasteiger partial charge in [-0.25, -0.2) is 0 Å². The van der Waals surface area contributed by atoms with Crippen LogP contribution in [0.25, 0.3) is 0 Å². The summed E-state index contributed by atoms with van der Waals surface area (Å²) in [5.41, 5.74) is 7.33. The molecule has 2 heterocycles. The summed E-state index contributed by atoms with van der Waals surface area (Å²) in [7, 11) is 0. The molecule has 4 nitrogen and oxygen atoms in total. The van der Waals surface area contributed by atoms with E-state index in [1.54, 1.807) is 0 Å². The van der Waals surface area contributed by atoms with Gasteiger partial charge in [-0.2, -0.15) is 0 Å². The summed E-state index contributed by atoms with van der Waals surface area (Å²) in [4.78, 5) is 2.54. The molecule has 2 aliphatic heterocycles. The zero-order valence-electron chi connectivity index (χ0n) is 12.9. The van der Waals surface area contributed by atoms with Gasteiger partial charge in [0.05, 0.1) is 0 Å². The van der Waals surface area contributed by atoms with Crippen molar-refractivity contribution in [3.8, 4) is 11.5 Å². The van der Waals surface area contributed by atoms with Gasteiger partial charge in [0.25, 0.3) is 0 Å². The molecular formula is C17H26N2O2. The van der Waals surface area contributed by atoms with Gasteiger partial charge in [-0.3, -0.25) is 4.90 Å². The maximum absolute atomic E-state index is 6.08. The predicted molar refractivity (Wildman–Crippen MR) is 83.8 cm³/mol. The van der Waals surface area contributed by atoms with Crippen molar-refractivity contribution in [3.05, 3.63) is 23.8 Å². The molecule has 3 rings (SSSR count). The quantitative estimate of drug-likeness (QED) is 0.926. The van der Waals surface area contributed by atoms with E-state index in [0.717, 1.165) is 30.5 Å². The molecule has 1 aromatic carbocycles. The fourth-order valence-corrected chi connectivity index (χ4v) is 3.48. The Morgan fingerprint density at radius 1 is 1.29 bits per heavy atom. The second-order valence-electron chi connectivity index (χ2n) is 6.07. The summed E-state index contributed by atoms with van der Waals surface area (Å²) >= 11 is 0. The minimum absolute atomic E-state index is 0.287. The second kappa shape index (κ2) is 6.67. The molecule has 0 radical (unpaired) electrons. The van der Waals surface area contributed by atoms with Gasteiger partial charge in [0.15, 0.2) is 11.5 Å². The number of nitrogens with zero attached hydrogens (tertiary/aromatic N) is 1. The van der Waals surface area contributed by atoms with Crippen LogP contribution in [-0.4, -0.2) is 37.7 Å². The summed E-state index contributed by atoms with van der Waals surface area (Å²) < 4.78 is 11.3. The van der Waals surface area contributed by atoms with Crippen molar-refractivity contribution in [3.63, 3.8) is 0 Å². The van der Waals surface area contributed by atoms with Crippen LogP contribution < -0.4 is 15.2 Å². The number of ether oxygens (including phenoxy) is 2. The van der Waals surface area contributed by atoms with Crippen molar-refractivity contribution in [1.29, 1.82) is 0 Å². The van der Waals surface area contributed by atoms with Crippen molar-refractivity contribution in [2.24, 2.45) is 11.7 Å². The first kappa shape index (κ1) is 14.7. The molecule has 2 N–H and O–H groups in total. The maximum Gasteiger partial charge on any atom is 0.161 e. The van der Waals surface area contributed by atoms with Gasteiger partial charge < -0.3 is 15.2 Å². The highest BCUT2D eigenvalue weighted by Crippen LogP contribution is 2.35. The highest BCUT2D eigenvalue weighted by atomic mass is 16.6. The van der Waals surface area contributed by atoms with Crippen LogP contribution in [0.5, 0.6) is 11.5 Å². The van der Waals surface area contributed by atoms with E-state index in [1.807, 2.05) is 6.07 Å². The Morgan fingerprint density at radius 3 is 2.86 bits per heavy atom. The summed E-state index contributed by atoms with van der Waals surface area (Å²) in [5.74, 6) is 2.53. The smallest absolute Gasteiger partial charge is 0.161 e. The number of benzene rings is 1. The highest BCUT2D eigenvalue weighted by Gasteiger charge is 2.26. The van der Waals surface area contributed by atoms with Crippen LogP contribution in [0.2, 0.25) is 0 Å². The van der Waals surface area contributed by atoms with Crippen LogP contribution in [0, 0.1) is 5.92 Å². The summed E-state index contributed by atoms with van der Waals surface area (Å²) in [5, 5.41) is 0. The van der Waals surface area contributed by atoms with Crippen LogP contribution in [-0.2, 0) is 0 Å². The van der Waals surface area contributed by atoms with E-state index < -0.39 is 0 Å². The van der Waals surface area contributed by atoms with Gasteiger partial charge in [-0.15, -0.1) is 0 Å². The lowest BCUT2D eigenvalue weighted by Gasteiger charge is -2.38. The Morgan fingerprint density at radius 2 is 2.10 bits per heavy atom. The lowest BCUT2D eigenvalue weighted by atomic mass is 9.93. The summed E-state index contributed by atoms with van der Waals surface area (Å²) in [6, 6.07) is 6.56. The van der Waals surface area contributed by atoms with Gasteiger partial charge in [0.1, 0.15) is 13.2 Å². The zero-order chi connectivity index (χ0) is 14.7. The van der Waals surface area contributed by atoms with Gasteiger partial charge >= 0.3 is 0 Å². The number of rotatable bonds is 4. The highest BCUT2D eigenvalue weighted by molar-refractivity contribution is 5.44. The number of nitrogens with two attached hydrogens (primary N) is 1. The lowest BCUT2D eigenvalue weighted by Crippen LogP contribution is -2.41. The van der Waals surface area contributed by atoms with E-state index in [9.17, 15) is 0 Å². The molecule has 116 valence electrons. The normalized spacial score (nSPS) is 23.8. The molecule has 0 spiro atoms. The van der Waals surface area contributed by atoms with Crippen molar-refractivity contribution in [2.75, 3.05) is 32.8 Å². The molecular weight excluding hydrogens is 264 g/mol. The first-order valence-corrected chi connectivity index (χ1v) is 8.15. The third-order valence-corrected chi connectivity index (χ3v) is 4.74. The van der Waals surface area contributed by atoms with Crippen LogP contribution in [0.1, 0.15) is 37.8 Å². The fourth-order valence-electron chi connectivity index (χ4n) is 3.48. The predicted octanol–water partition coefficient (Wildman–Crippen LogP) is 2.58. The van der Waals surface area contributed by atoms with Gasteiger partial charge in [0.2, 0.25) is 0 Å². The molecule has 2 aliphatic rings. The maximum atomic E-state index is 6.08. The summed E-state index contributed by atoms with van der Waals surface area (Å²) in [6.07, 6.45) is 3.89. The summed E-state index contributed by atoms with van der Waals surface area (Å²) in [6.45, 7) is 6.51. The van der Waals surface area contributed by atoms with E-state index in [4.69, 9.17) is 15.2 Å². The van der Waals surface area contributed by atoms with Crippen LogP contribution in [0.15, 0.2) is 18.2 Å². The number of piperidine rings is 1. The van der Waals surface area contributed by atoms with E-state index in [0.29, 0.717) is 19.8 Å². The largest absolute Gasteiger partial charge is 0.486 e. The van der Waals surface area contributed by atoms with Crippen molar-refractivity contribution >= 4 is 0 Å². The fraction of sp³-hybridized carbons (Fsp3) is 0.647. The van der Waals surface area contributed by atoms with E-state index >= 15 is 0 Å². The van der Waals surface area contributed by atoms with Crippen LogP contribution in [0.4, 0.5) is 0 Å². The first-order chi connectivity index (χ1) is 10.3. The van der Waals surface area contributed by atoms with Crippen molar-refractivity contribution in [2.45, 2.75) is 32.2 Å². The van der Waals surface area contributed by atoms with E-state index in [2.05, 4.69) is 24.0 Å². The van der Waals surface area contributed by atoms with Crippen molar-refractivity contribution in [1.82, 2.24) is 4.90 Å². The number of fused-ring (bicyclic) bond motifs is 1. The third-order valence-electron chi connectivity index (χ3n) is 4.74. The molecule has 0 aliphatic carbocycles. The molecule has 2 unspecified atom stereocenters. The first-order valence-electron chi connectivity index (χ1n) is 8.15. The van der Waals surface area contributed by atoms with Crippen LogP contribution >= 0.6 is 0 Å². The Kier molecular flexibility index (Phi) is 4.66. The Balaban J connectivity index is 1.79. The zero-order valence-corrected chi connectivity index (χ0v) is 12.9. The molecule has 1 fully saturated rings. The minimum atomic E-state index is 0.287. The molecule has 21 heavy (non-hydrogen) atoms. The topological polar surface area (TPSA) is 47.7 Å². The SMILES string of the molecule is CCC1CCCN(C(CN)c2ccc3c(c2)OCCO3)C1. The molecule has 0 saturated carbocycles. The molecule has 4 heteroatoms. The van der Waals surface area contributed by atoms with Gasteiger partial charge in [-0.1, -0.05) is 19.4 Å².